The molecule has 0 bridgehead atoms. The highest BCUT2D eigenvalue weighted by Gasteiger charge is 2.08. The summed E-state index contributed by atoms with van der Waals surface area (Å²) in [6, 6.07) is 0. The van der Waals surface area contributed by atoms with Crippen molar-refractivity contribution in [3.63, 3.8) is 0 Å². The molecule has 0 aromatic heterocycles. The molecule has 0 aliphatic carbocycles. The molecule has 0 radical (unpaired) electrons. The molecule has 0 aromatic rings. The molecular weight excluding hydrogens is 123 g/mol. The predicted octanol–water partition coefficient (Wildman–Crippen LogP) is 1.93. The quantitative estimate of drug-likeness (QED) is 0.592. The monoisotopic (exact) mass is 138 g/mol. The van der Waals surface area contributed by atoms with Crippen LogP contribution in [-0.2, 0) is 4.57 Å². The van der Waals surface area contributed by atoms with Crippen molar-refractivity contribution in [1.82, 2.24) is 0 Å². The Balaban J connectivity index is 0. The standard InChI is InChI=1S/C4H11O2P.CH4/c1-3-7(5,6)4-2;/h3-4H2,1-2H3,(H,5,6);1H4. The van der Waals surface area contributed by atoms with Gasteiger partial charge in [0.25, 0.3) is 0 Å². The fourth-order valence-electron chi connectivity index (χ4n) is 0.224. The maximum atomic E-state index is 10.5. The van der Waals surface area contributed by atoms with Crippen LogP contribution in [-0.4, -0.2) is 17.2 Å². The van der Waals surface area contributed by atoms with E-state index in [9.17, 15) is 4.57 Å². The fourth-order valence-corrected chi connectivity index (χ4v) is 0.671. The van der Waals surface area contributed by atoms with Crippen LogP contribution in [0.4, 0.5) is 0 Å². The zero-order valence-corrected chi connectivity index (χ0v) is 5.61. The third kappa shape index (κ3) is 4.35. The third-order valence-electron chi connectivity index (χ3n) is 0.988. The Morgan fingerprint density at radius 2 is 1.62 bits per heavy atom. The highest BCUT2D eigenvalue weighted by Crippen LogP contribution is 2.38. The number of rotatable bonds is 2. The van der Waals surface area contributed by atoms with Gasteiger partial charge in [-0.2, -0.15) is 0 Å². The van der Waals surface area contributed by atoms with Gasteiger partial charge in [0.1, 0.15) is 0 Å². The third-order valence-corrected chi connectivity index (χ3v) is 2.96. The van der Waals surface area contributed by atoms with E-state index in [1.54, 1.807) is 13.8 Å². The lowest BCUT2D eigenvalue weighted by Crippen LogP contribution is -1.84. The van der Waals surface area contributed by atoms with Crippen molar-refractivity contribution < 1.29 is 9.46 Å². The maximum Gasteiger partial charge on any atom is 0.200 e. The smallest absolute Gasteiger partial charge is 0.200 e. The van der Waals surface area contributed by atoms with Crippen molar-refractivity contribution in [2.75, 3.05) is 12.3 Å². The Morgan fingerprint density at radius 1 is 1.38 bits per heavy atom. The van der Waals surface area contributed by atoms with Crippen LogP contribution in [0, 0.1) is 0 Å². The summed E-state index contributed by atoms with van der Waals surface area (Å²) in [4.78, 5) is 8.69. The highest BCUT2D eigenvalue weighted by molar-refractivity contribution is 7.57. The molecule has 3 heteroatoms. The molecular formula is C5H15O2P. The van der Waals surface area contributed by atoms with Crippen molar-refractivity contribution in [2.24, 2.45) is 0 Å². The molecule has 0 fully saturated rings. The first-order valence-electron chi connectivity index (χ1n) is 2.43. The van der Waals surface area contributed by atoms with Crippen LogP contribution in [0.5, 0.6) is 0 Å². The lowest BCUT2D eigenvalue weighted by Gasteiger charge is -2.01. The first-order chi connectivity index (χ1) is 3.12. The van der Waals surface area contributed by atoms with Gasteiger partial charge in [-0.25, -0.2) is 0 Å². The van der Waals surface area contributed by atoms with E-state index in [-0.39, 0.29) is 7.43 Å². The van der Waals surface area contributed by atoms with Crippen molar-refractivity contribution in [2.45, 2.75) is 21.3 Å². The molecule has 0 rings (SSSR count). The molecule has 0 heterocycles. The second-order valence-electron chi connectivity index (χ2n) is 1.48. The van der Waals surface area contributed by atoms with Crippen molar-refractivity contribution in [3.05, 3.63) is 0 Å². The minimum absolute atomic E-state index is 0. The lowest BCUT2D eigenvalue weighted by molar-refractivity contribution is 0.481. The Kier molecular flexibility index (Phi) is 5.67. The van der Waals surface area contributed by atoms with Gasteiger partial charge in [-0.1, -0.05) is 21.3 Å². The van der Waals surface area contributed by atoms with E-state index < -0.39 is 7.37 Å². The van der Waals surface area contributed by atoms with E-state index in [1.165, 1.54) is 0 Å². The molecule has 0 atom stereocenters. The summed E-state index contributed by atoms with van der Waals surface area (Å²) in [5.74, 6) is 0. The molecule has 0 spiro atoms. The van der Waals surface area contributed by atoms with Gasteiger partial charge in [0, 0.05) is 12.3 Å². The fraction of sp³-hybridized carbons (Fsp3) is 1.00. The average Bonchev–Trinajstić information content (AvgIpc) is 1.68. The molecule has 0 saturated heterocycles. The van der Waals surface area contributed by atoms with Gasteiger partial charge < -0.3 is 4.89 Å². The Bertz CT molecular complexity index is 82.4. The molecule has 0 amide bonds. The van der Waals surface area contributed by atoms with Gasteiger partial charge in [0.15, 0.2) is 7.37 Å². The molecule has 8 heavy (non-hydrogen) atoms. The molecule has 52 valence electrons. The van der Waals surface area contributed by atoms with Gasteiger partial charge in [0.05, 0.1) is 0 Å². The summed E-state index contributed by atoms with van der Waals surface area (Å²) < 4.78 is 10.5. The van der Waals surface area contributed by atoms with E-state index in [2.05, 4.69) is 0 Å². The molecule has 1 N–H and O–H groups in total. The first-order valence-corrected chi connectivity index (χ1v) is 4.46. The molecule has 2 nitrogen and oxygen atoms in total. The van der Waals surface area contributed by atoms with Crippen LogP contribution in [0.2, 0.25) is 0 Å². The van der Waals surface area contributed by atoms with E-state index >= 15 is 0 Å². The Labute approximate surface area is 51.4 Å². The van der Waals surface area contributed by atoms with Gasteiger partial charge in [-0.3, -0.25) is 4.57 Å². The Morgan fingerprint density at radius 3 is 1.62 bits per heavy atom. The van der Waals surface area contributed by atoms with E-state index in [1.807, 2.05) is 0 Å². The van der Waals surface area contributed by atoms with Crippen molar-refractivity contribution >= 4 is 7.37 Å². The maximum absolute atomic E-state index is 10.5. The van der Waals surface area contributed by atoms with Gasteiger partial charge in [-0.15, -0.1) is 0 Å². The second-order valence-corrected chi connectivity index (χ2v) is 4.44. The Hall–Kier alpha value is 0.190. The minimum Gasteiger partial charge on any atom is -0.344 e. The van der Waals surface area contributed by atoms with Crippen LogP contribution in [0.15, 0.2) is 0 Å². The summed E-state index contributed by atoms with van der Waals surface area (Å²) in [5, 5.41) is 0. The largest absolute Gasteiger partial charge is 0.344 e. The van der Waals surface area contributed by atoms with Crippen LogP contribution in [0.1, 0.15) is 21.3 Å². The van der Waals surface area contributed by atoms with Gasteiger partial charge in [0.2, 0.25) is 0 Å². The van der Waals surface area contributed by atoms with Crippen LogP contribution in [0.3, 0.4) is 0 Å². The zero-order chi connectivity index (χ0) is 5.91. The molecule has 0 aromatic carbocycles. The van der Waals surface area contributed by atoms with Gasteiger partial charge >= 0.3 is 0 Å². The normalized spacial score (nSPS) is 10.4. The van der Waals surface area contributed by atoms with E-state index in [4.69, 9.17) is 4.89 Å². The first kappa shape index (κ1) is 11.0. The summed E-state index contributed by atoms with van der Waals surface area (Å²) in [7, 11) is -2.65. The molecule has 0 saturated carbocycles. The zero-order valence-electron chi connectivity index (χ0n) is 4.72. The van der Waals surface area contributed by atoms with Crippen LogP contribution < -0.4 is 0 Å². The highest BCUT2D eigenvalue weighted by atomic mass is 31.2. The number of hydrogen-bond donors (Lipinski definition) is 1. The van der Waals surface area contributed by atoms with Crippen LogP contribution >= 0.6 is 7.37 Å². The average molecular weight is 138 g/mol. The minimum atomic E-state index is -2.65. The summed E-state index contributed by atoms with van der Waals surface area (Å²) in [6.07, 6.45) is 0.812. The van der Waals surface area contributed by atoms with Gasteiger partial charge in [-0.05, 0) is 0 Å². The topological polar surface area (TPSA) is 37.3 Å². The predicted molar refractivity (Wildman–Crippen MR) is 37.6 cm³/mol. The summed E-state index contributed by atoms with van der Waals surface area (Å²) >= 11 is 0. The SMILES string of the molecule is C.CCP(=O)(O)CC. The molecule has 0 aliphatic heterocycles. The summed E-state index contributed by atoms with van der Waals surface area (Å²) in [6.45, 7) is 3.45. The van der Waals surface area contributed by atoms with Crippen molar-refractivity contribution in [3.8, 4) is 0 Å². The number of hydrogen-bond acceptors (Lipinski definition) is 1. The second kappa shape index (κ2) is 4.11. The van der Waals surface area contributed by atoms with E-state index in [0.29, 0.717) is 12.3 Å². The van der Waals surface area contributed by atoms with Crippen LogP contribution in [0.25, 0.3) is 0 Å². The van der Waals surface area contributed by atoms with Crippen molar-refractivity contribution in [1.29, 1.82) is 0 Å². The molecule has 0 aliphatic rings. The lowest BCUT2D eigenvalue weighted by atomic mass is 11.0. The van der Waals surface area contributed by atoms with E-state index in [0.717, 1.165) is 0 Å². The molecule has 0 unspecified atom stereocenters. The summed E-state index contributed by atoms with van der Waals surface area (Å²) in [5.41, 5.74) is 0.